The van der Waals surface area contributed by atoms with Crippen molar-refractivity contribution in [2.24, 2.45) is 4.99 Å². The number of dihydropyridines is 1. The highest BCUT2D eigenvalue weighted by molar-refractivity contribution is 6.06. The largest absolute Gasteiger partial charge is 0.293 e. The van der Waals surface area contributed by atoms with Gasteiger partial charge in [-0.1, -0.05) is 13.3 Å². The number of allylic oxidation sites excluding steroid dienone is 1. The number of nitrogens with zero attached hydrogens (tertiary/aromatic N) is 1. The lowest BCUT2D eigenvalue weighted by atomic mass is 10.1. The molecule has 0 amide bonds. The molecule has 2 nitrogen and oxygen atoms in total. The Morgan fingerprint density at radius 2 is 2.40 bits per heavy atom. The Labute approximate surface area is 60.7 Å². The molecule has 2 heteroatoms. The van der Waals surface area contributed by atoms with Gasteiger partial charge in [-0.2, -0.15) is 0 Å². The number of rotatable bonds is 2. The highest BCUT2D eigenvalue weighted by Gasteiger charge is 2.02. The van der Waals surface area contributed by atoms with Crippen LogP contribution in [0.1, 0.15) is 19.8 Å². The second-order valence-corrected chi connectivity index (χ2v) is 2.36. The summed E-state index contributed by atoms with van der Waals surface area (Å²) in [6.07, 6.45) is 5.51. The number of hydrogen-bond acceptors (Lipinski definition) is 2. The van der Waals surface area contributed by atoms with E-state index in [1.165, 1.54) is 0 Å². The van der Waals surface area contributed by atoms with Gasteiger partial charge in [0.15, 0.2) is 5.78 Å². The second-order valence-electron chi connectivity index (χ2n) is 2.36. The van der Waals surface area contributed by atoms with Gasteiger partial charge in [-0.05, 0) is 18.6 Å². The van der Waals surface area contributed by atoms with Crippen LogP contribution < -0.4 is 0 Å². The lowest BCUT2D eigenvalue weighted by Crippen LogP contribution is -2.08. The fourth-order valence-corrected chi connectivity index (χ4v) is 0.893. The van der Waals surface area contributed by atoms with Crippen LogP contribution in [0.4, 0.5) is 0 Å². The molecule has 0 spiro atoms. The van der Waals surface area contributed by atoms with E-state index in [4.69, 9.17) is 0 Å². The minimum absolute atomic E-state index is 0.111. The standard InChI is InChI=1S/C8H11NO/c1-2-3-7-4-5-8(10)6-9-7/h4-5H,2-3,6H2,1H3. The Balaban J connectivity index is 2.50. The van der Waals surface area contributed by atoms with Gasteiger partial charge in [0.05, 0.1) is 0 Å². The van der Waals surface area contributed by atoms with Crippen molar-refractivity contribution in [3.05, 3.63) is 12.2 Å². The zero-order chi connectivity index (χ0) is 7.40. The maximum Gasteiger partial charge on any atom is 0.177 e. The van der Waals surface area contributed by atoms with Crippen LogP contribution in [0.15, 0.2) is 17.1 Å². The molecule has 0 aliphatic carbocycles. The van der Waals surface area contributed by atoms with Crippen molar-refractivity contribution in [3.8, 4) is 0 Å². The smallest absolute Gasteiger partial charge is 0.177 e. The summed E-state index contributed by atoms with van der Waals surface area (Å²) in [5, 5.41) is 0. The SMILES string of the molecule is CCCC1=NCC(=O)C=C1. The van der Waals surface area contributed by atoms with E-state index in [-0.39, 0.29) is 5.78 Å². The van der Waals surface area contributed by atoms with Gasteiger partial charge in [-0.15, -0.1) is 0 Å². The molecule has 54 valence electrons. The summed E-state index contributed by atoms with van der Waals surface area (Å²) in [6.45, 7) is 2.46. The van der Waals surface area contributed by atoms with Crippen LogP contribution in [-0.4, -0.2) is 18.0 Å². The van der Waals surface area contributed by atoms with Crippen molar-refractivity contribution in [1.29, 1.82) is 0 Å². The number of carbonyl (C=O) groups is 1. The first kappa shape index (κ1) is 7.19. The Bertz CT molecular complexity index is 191. The number of carbonyl (C=O) groups excluding carboxylic acids is 1. The third kappa shape index (κ3) is 1.79. The fourth-order valence-electron chi connectivity index (χ4n) is 0.893. The van der Waals surface area contributed by atoms with E-state index in [9.17, 15) is 4.79 Å². The normalized spacial score (nSPS) is 17.3. The maximum absolute atomic E-state index is 10.6. The molecular weight excluding hydrogens is 126 g/mol. The van der Waals surface area contributed by atoms with Gasteiger partial charge in [-0.3, -0.25) is 9.79 Å². The van der Waals surface area contributed by atoms with E-state index in [0.29, 0.717) is 6.54 Å². The summed E-state index contributed by atoms with van der Waals surface area (Å²) in [4.78, 5) is 14.7. The lowest BCUT2D eigenvalue weighted by molar-refractivity contribution is -0.113. The van der Waals surface area contributed by atoms with Crippen LogP contribution in [0.3, 0.4) is 0 Å². The van der Waals surface area contributed by atoms with Crippen LogP contribution in [0.5, 0.6) is 0 Å². The molecule has 0 unspecified atom stereocenters. The molecule has 1 heterocycles. The van der Waals surface area contributed by atoms with Crippen LogP contribution in [0.2, 0.25) is 0 Å². The zero-order valence-corrected chi connectivity index (χ0v) is 6.13. The summed E-state index contributed by atoms with van der Waals surface area (Å²) >= 11 is 0. The second kappa shape index (κ2) is 3.30. The van der Waals surface area contributed by atoms with Gasteiger partial charge < -0.3 is 0 Å². The monoisotopic (exact) mass is 137 g/mol. The molecule has 1 aliphatic rings. The van der Waals surface area contributed by atoms with Crippen molar-refractivity contribution in [2.45, 2.75) is 19.8 Å². The fraction of sp³-hybridized carbons (Fsp3) is 0.500. The molecule has 0 N–H and O–H groups in total. The van der Waals surface area contributed by atoms with Gasteiger partial charge >= 0.3 is 0 Å². The molecule has 10 heavy (non-hydrogen) atoms. The number of aliphatic imine (C=N–C) groups is 1. The summed E-state index contributed by atoms with van der Waals surface area (Å²) in [7, 11) is 0. The minimum atomic E-state index is 0.111. The maximum atomic E-state index is 10.6. The molecule has 0 aromatic heterocycles. The summed E-state index contributed by atoms with van der Waals surface area (Å²) in [5.41, 5.74) is 1.06. The van der Waals surface area contributed by atoms with E-state index >= 15 is 0 Å². The molecule has 1 rings (SSSR count). The molecule has 0 atom stereocenters. The summed E-state index contributed by atoms with van der Waals surface area (Å²) < 4.78 is 0. The zero-order valence-electron chi connectivity index (χ0n) is 6.13. The summed E-state index contributed by atoms with van der Waals surface area (Å²) in [5.74, 6) is 0.111. The average Bonchev–Trinajstić information content (AvgIpc) is 1.95. The topological polar surface area (TPSA) is 29.4 Å². The Morgan fingerprint density at radius 1 is 1.60 bits per heavy atom. The molecule has 0 bridgehead atoms. The van der Waals surface area contributed by atoms with Gasteiger partial charge in [0.25, 0.3) is 0 Å². The summed E-state index contributed by atoms with van der Waals surface area (Å²) in [6, 6.07) is 0. The molecule has 1 aliphatic heterocycles. The minimum Gasteiger partial charge on any atom is -0.293 e. The van der Waals surface area contributed by atoms with Crippen molar-refractivity contribution in [1.82, 2.24) is 0 Å². The molecule has 0 aromatic rings. The van der Waals surface area contributed by atoms with E-state index in [0.717, 1.165) is 18.6 Å². The average molecular weight is 137 g/mol. The highest BCUT2D eigenvalue weighted by atomic mass is 16.1. The molecule has 0 saturated heterocycles. The number of ketones is 1. The first-order valence-electron chi connectivity index (χ1n) is 3.57. The first-order chi connectivity index (χ1) is 4.83. The van der Waals surface area contributed by atoms with E-state index in [1.54, 1.807) is 6.08 Å². The first-order valence-corrected chi connectivity index (χ1v) is 3.57. The van der Waals surface area contributed by atoms with Gasteiger partial charge in [-0.25, -0.2) is 0 Å². The number of hydrogen-bond donors (Lipinski definition) is 0. The van der Waals surface area contributed by atoms with E-state index in [1.807, 2.05) is 6.08 Å². The highest BCUT2D eigenvalue weighted by Crippen LogP contribution is 1.99. The van der Waals surface area contributed by atoms with Crippen LogP contribution in [0, 0.1) is 0 Å². The Morgan fingerprint density at radius 3 is 2.90 bits per heavy atom. The molecule has 0 saturated carbocycles. The van der Waals surface area contributed by atoms with Crippen LogP contribution in [-0.2, 0) is 4.79 Å². The van der Waals surface area contributed by atoms with Crippen molar-refractivity contribution in [2.75, 3.05) is 6.54 Å². The van der Waals surface area contributed by atoms with E-state index in [2.05, 4.69) is 11.9 Å². The van der Waals surface area contributed by atoms with Gasteiger partial charge in [0.2, 0.25) is 0 Å². The van der Waals surface area contributed by atoms with E-state index < -0.39 is 0 Å². The van der Waals surface area contributed by atoms with Crippen LogP contribution in [0.25, 0.3) is 0 Å². The predicted octanol–water partition coefficient (Wildman–Crippen LogP) is 1.37. The third-order valence-corrected chi connectivity index (χ3v) is 1.41. The van der Waals surface area contributed by atoms with Crippen LogP contribution >= 0.6 is 0 Å². The molecule has 0 radical (unpaired) electrons. The van der Waals surface area contributed by atoms with Crippen molar-refractivity contribution < 1.29 is 4.79 Å². The van der Waals surface area contributed by atoms with Gasteiger partial charge in [0, 0.05) is 5.71 Å². The molecular formula is C8H11NO. The molecule has 0 fully saturated rings. The lowest BCUT2D eigenvalue weighted by Gasteiger charge is -2.02. The predicted molar refractivity (Wildman–Crippen MR) is 41.4 cm³/mol. The van der Waals surface area contributed by atoms with Crippen molar-refractivity contribution in [3.63, 3.8) is 0 Å². The third-order valence-electron chi connectivity index (χ3n) is 1.41. The molecule has 0 aromatic carbocycles. The quantitative estimate of drug-likeness (QED) is 0.565. The Kier molecular flexibility index (Phi) is 2.37. The van der Waals surface area contributed by atoms with Gasteiger partial charge in [0.1, 0.15) is 6.54 Å². The van der Waals surface area contributed by atoms with Crippen molar-refractivity contribution >= 4 is 11.5 Å². The Hall–Kier alpha value is -0.920.